The lowest BCUT2D eigenvalue weighted by Crippen LogP contribution is -2.47. The SMILES string of the molecule is CC(Oc1ccc(F)cc1)C(=O)NNC(=O)c1cc(Br)c(Br)s1. The molecule has 5 nitrogen and oxygen atoms in total. The number of rotatable bonds is 4. The molecule has 9 heteroatoms. The average molecular weight is 466 g/mol. The van der Waals surface area contributed by atoms with Gasteiger partial charge in [-0.05, 0) is 69.1 Å². The second kappa shape index (κ2) is 7.89. The number of carbonyl (C=O) groups excluding carboxylic acids is 2. The first kappa shape index (κ1) is 17.9. The highest BCUT2D eigenvalue weighted by Crippen LogP contribution is 2.32. The van der Waals surface area contributed by atoms with Gasteiger partial charge in [0.05, 0.1) is 8.66 Å². The molecule has 2 rings (SSSR count). The van der Waals surface area contributed by atoms with Crippen LogP contribution in [0.4, 0.5) is 4.39 Å². The molecule has 0 aliphatic heterocycles. The summed E-state index contributed by atoms with van der Waals surface area (Å²) in [4.78, 5) is 24.2. The van der Waals surface area contributed by atoms with Crippen LogP contribution in [0, 0.1) is 5.82 Å². The molecular formula is C14H11Br2FN2O3S. The predicted molar refractivity (Wildman–Crippen MR) is 91.8 cm³/mol. The van der Waals surface area contributed by atoms with E-state index in [9.17, 15) is 14.0 Å². The third kappa shape index (κ3) is 5.02. The zero-order chi connectivity index (χ0) is 17.0. The fraction of sp³-hybridized carbons (Fsp3) is 0.143. The summed E-state index contributed by atoms with van der Waals surface area (Å²) < 4.78 is 19.7. The first-order chi connectivity index (χ1) is 10.9. The molecule has 23 heavy (non-hydrogen) atoms. The van der Waals surface area contributed by atoms with Crippen LogP contribution in [0.3, 0.4) is 0 Å². The average Bonchev–Trinajstić information content (AvgIpc) is 2.86. The number of nitrogens with one attached hydrogen (secondary N) is 2. The van der Waals surface area contributed by atoms with E-state index in [2.05, 4.69) is 42.7 Å². The first-order valence-corrected chi connectivity index (χ1v) is 8.74. The Balaban J connectivity index is 1.86. The number of hydrazine groups is 1. The normalized spacial score (nSPS) is 11.7. The van der Waals surface area contributed by atoms with E-state index in [0.717, 1.165) is 8.26 Å². The molecule has 1 heterocycles. The van der Waals surface area contributed by atoms with Gasteiger partial charge in [0.2, 0.25) is 0 Å². The number of amides is 2. The highest BCUT2D eigenvalue weighted by Gasteiger charge is 2.17. The minimum absolute atomic E-state index is 0.353. The summed E-state index contributed by atoms with van der Waals surface area (Å²) in [5.74, 6) is -1.01. The Bertz CT molecular complexity index is 702. The van der Waals surface area contributed by atoms with E-state index in [4.69, 9.17) is 4.74 Å². The van der Waals surface area contributed by atoms with Gasteiger partial charge < -0.3 is 4.74 Å². The molecule has 1 unspecified atom stereocenters. The Morgan fingerprint density at radius 2 is 1.87 bits per heavy atom. The molecule has 0 aliphatic carbocycles. The van der Waals surface area contributed by atoms with Gasteiger partial charge in [0.25, 0.3) is 11.8 Å². The van der Waals surface area contributed by atoms with Gasteiger partial charge in [0.1, 0.15) is 11.6 Å². The van der Waals surface area contributed by atoms with Crippen LogP contribution in [0.25, 0.3) is 0 Å². The van der Waals surface area contributed by atoms with Crippen LogP contribution in [-0.2, 0) is 4.79 Å². The highest BCUT2D eigenvalue weighted by atomic mass is 79.9. The maximum Gasteiger partial charge on any atom is 0.279 e. The van der Waals surface area contributed by atoms with Crippen molar-refractivity contribution in [1.82, 2.24) is 10.9 Å². The van der Waals surface area contributed by atoms with Crippen LogP contribution in [0.1, 0.15) is 16.6 Å². The fourth-order valence-corrected chi connectivity index (χ4v) is 3.44. The lowest BCUT2D eigenvalue weighted by atomic mass is 10.3. The fourth-order valence-electron chi connectivity index (χ4n) is 1.51. The minimum Gasteiger partial charge on any atom is -0.481 e. The van der Waals surface area contributed by atoms with E-state index in [-0.39, 0.29) is 0 Å². The first-order valence-electron chi connectivity index (χ1n) is 6.34. The molecule has 2 N–H and O–H groups in total. The van der Waals surface area contributed by atoms with Gasteiger partial charge in [-0.3, -0.25) is 20.4 Å². The molecule has 1 atom stereocenters. The van der Waals surface area contributed by atoms with Crippen molar-refractivity contribution in [2.45, 2.75) is 13.0 Å². The smallest absolute Gasteiger partial charge is 0.279 e. The summed E-state index contributed by atoms with van der Waals surface area (Å²) in [6, 6.07) is 6.92. The Labute approximate surface area is 152 Å². The quantitative estimate of drug-likeness (QED) is 0.677. The Morgan fingerprint density at radius 3 is 2.43 bits per heavy atom. The number of hydrogen-bond acceptors (Lipinski definition) is 4. The molecule has 2 aromatic rings. The van der Waals surface area contributed by atoms with Crippen LogP contribution >= 0.6 is 43.2 Å². The van der Waals surface area contributed by atoms with Crippen molar-refractivity contribution < 1.29 is 18.7 Å². The number of benzene rings is 1. The number of carbonyl (C=O) groups is 2. The van der Waals surface area contributed by atoms with Gasteiger partial charge in [-0.2, -0.15) is 0 Å². The zero-order valence-electron chi connectivity index (χ0n) is 11.7. The van der Waals surface area contributed by atoms with Crippen molar-refractivity contribution >= 4 is 55.0 Å². The molecule has 0 saturated carbocycles. The van der Waals surface area contributed by atoms with Crippen LogP contribution in [0.15, 0.2) is 38.6 Å². The summed E-state index contributed by atoms with van der Waals surface area (Å²) >= 11 is 7.79. The molecule has 122 valence electrons. The maximum atomic E-state index is 12.8. The van der Waals surface area contributed by atoms with Crippen LogP contribution in [0.5, 0.6) is 5.75 Å². The lowest BCUT2D eigenvalue weighted by Gasteiger charge is -2.14. The summed E-state index contributed by atoms with van der Waals surface area (Å²) in [5.41, 5.74) is 4.58. The van der Waals surface area contributed by atoms with Crippen molar-refractivity contribution in [3.8, 4) is 5.75 Å². The van der Waals surface area contributed by atoms with Crippen molar-refractivity contribution in [2.24, 2.45) is 0 Å². The maximum absolute atomic E-state index is 12.8. The van der Waals surface area contributed by atoms with Gasteiger partial charge in [-0.25, -0.2) is 4.39 Å². The molecule has 0 radical (unpaired) electrons. The topological polar surface area (TPSA) is 67.4 Å². The molecule has 1 aromatic carbocycles. The number of ether oxygens (including phenoxy) is 1. The van der Waals surface area contributed by atoms with Crippen molar-refractivity contribution in [3.63, 3.8) is 0 Å². The molecule has 0 spiro atoms. The number of halogens is 3. The molecule has 1 aromatic heterocycles. The molecule has 2 amide bonds. The zero-order valence-corrected chi connectivity index (χ0v) is 15.7. The molecule has 0 fully saturated rings. The summed E-state index contributed by atoms with van der Waals surface area (Å²) in [7, 11) is 0. The van der Waals surface area contributed by atoms with Gasteiger partial charge in [0, 0.05) is 4.47 Å². The Kier molecular flexibility index (Phi) is 6.14. The molecule has 0 bridgehead atoms. The second-order valence-corrected chi connectivity index (χ2v) is 7.61. The van der Waals surface area contributed by atoms with Gasteiger partial charge in [0.15, 0.2) is 6.10 Å². The highest BCUT2D eigenvalue weighted by molar-refractivity contribution is 9.13. The Hall–Kier alpha value is -1.45. The second-order valence-electron chi connectivity index (χ2n) is 4.39. The van der Waals surface area contributed by atoms with Crippen LogP contribution in [0.2, 0.25) is 0 Å². The van der Waals surface area contributed by atoms with E-state index in [1.165, 1.54) is 42.5 Å². The van der Waals surface area contributed by atoms with Gasteiger partial charge in [-0.15, -0.1) is 11.3 Å². The predicted octanol–water partition coefficient (Wildman–Crippen LogP) is 3.64. The van der Waals surface area contributed by atoms with E-state index in [1.54, 1.807) is 6.07 Å². The third-order valence-electron chi connectivity index (χ3n) is 2.66. The van der Waals surface area contributed by atoms with Crippen LogP contribution in [-0.4, -0.2) is 17.9 Å². The minimum atomic E-state index is -0.859. The third-order valence-corrected chi connectivity index (χ3v) is 5.92. The Morgan fingerprint density at radius 1 is 1.22 bits per heavy atom. The summed E-state index contributed by atoms with van der Waals surface area (Å²) in [6.45, 7) is 1.52. The van der Waals surface area contributed by atoms with Gasteiger partial charge in [-0.1, -0.05) is 0 Å². The van der Waals surface area contributed by atoms with Gasteiger partial charge >= 0.3 is 0 Å². The van der Waals surface area contributed by atoms with E-state index >= 15 is 0 Å². The monoisotopic (exact) mass is 464 g/mol. The van der Waals surface area contributed by atoms with E-state index in [0.29, 0.717) is 10.6 Å². The number of hydrogen-bond donors (Lipinski definition) is 2. The molecule has 0 aliphatic rings. The van der Waals surface area contributed by atoms with Crippen molar-refractivity contribution in [1.29, 1.82) is 0 Å². The largest absolute Gasteiger partial charge is 0.481 e. The van der Waals surface area contributed by atoms with Crippen LogP contribution < -0.4 is 15.6 Å². The van der Waals surface area contributed by atoms with Crippen molar-refractivity contribution in [2.75, 3.05) is 0 Å². The lowest BCUT2D eigenvalue weighted by molar-refractivity contribution is -0.128. The molecular weight excluding hydrogens is 455 g/mol. The standard InChI is InChI=1S/C14H11Br2FN2O3S/c1-7(22-9-4-2-8(17)3-5-9)13(20)18-19-14(21)11-6-10(15)12(16)23-11/h2-7H,1H3,(H,18,20)(H,19,21). The number of thiophene rings is 1. The molecule has 0 saturated heterocycles. The summed E-state index contributed by atoms with van der Waals surface area (Å²) in [5, 5.41) is 0. The summed E-state index contributed by atoms with van der Waals surface area (Å²) in [6.07, 6.45) is -0.859. The van der Waals surface area contributed by atoms with E-state index < -0.39 is 23.7 Å². The van der Waals surface area contributed by atoms with Crippen molar-refractivity contribution in [3.05, 3.63) is 49.3 Å². The van der Waals surface area contributed by atoms with E-state index in [1.807, 2.05) is 0 Å².